The normalized spacial score (nSPS) is 9.73. The summed E-state index contributed by atoms with van der Waals surface area (Å²) >= 11 is 0. The van der Waals surface area contributed by atoms with Gasteiger partial charge in [-0.2, -0.15) is 0 Å². The molecule has 1 aromatic heterocycles. The first-order valence-corrected chi connectivity index (χ1v) is 3.13. The van der Waals surface area contributed by atoms with Crippen molar-refractivity contribution < 1.29 is 4.79 Å². The third-order valence-electron chi connectivity index (χ3n) is 1.33. The van der Waals surface area contributed by atoms with Crippen LogP contribution >= 0.6 is 0 Å². The largest absolute Gasteiger partial charge is 0.330 e. The second-order valence-corrected chi connectivity index (χ2v) is 2.28. The van der Waals surface area contributed by atoms with Gasteiger partial charge >= 0.3 is 5.91 Å². The monoisotopic (exact) mass is 154 g/mol. The van der Waals surface area contributed by atoms with Crippen molar-refractivity contribution in [1.29, 1.82) is 0 Å². The van der Waals surface area contributed by atoms with E-state index in [9.17, 15) is 4.79 Å². The maximum atomic E-state index is 11.1. The van der Waals surface area contributed by atoms with E-state index in [0.29, 0.717) is 5.82 Å². The maximum absolute atomic E-state index is 11.1. The van der Waals surface area contributed by atoms with Crippen LogP contribution in [0, 0.1) is 0 Å². The number of hydrogen-bond acceptors (Lipinski definition) is 3. The van der Waals surface area contributed by atoms with Crippen molar-refractivity contribution in [2.75, 3.05) is 7.05 Å². The van der Waals surface area contributed by atoms with E-state index in [0.717, 1.165) is 5.01 Å². The molecule has 0 radical (unpaired) electrons. The number of aromatic nitrogens is 2. The molecule has 0 atom stereocenters. The van der Waals surface area contributed by atoms with Crippen LogP contribution in [0.3, 0.4) is 0 Å². The average Bonchev–Trinajstić information content (AvgIpc) is 2.33. The Morgan fingerprint density at radius 2 is 2.45 bits per heavy atom. The fraction of sp³-hybridized carbons (Fsp3) is 0.333. The molecule has 2 N–H and O–H groups in total. The van der Waals surface area contributed by atoms with Gasteiger partial charge in [0.1, 0.15) is 0 Å². The van der Waals surface area contributed by atoms with Crippen LogP contribution < -0.4 is 5.84 Å². The highest BCUT2D eigenvalue weighted by Gasteiger charge is 2.12. The fourth-order valence-electron chi connectivity index (χ4n) is 0.729. The Bertz CT molecular complexity index is 265. The number of nitrogens with zero attached hydrogens (tertiary/aromatic N) is 3. The van der Waals surface area contributed by atoms with Gasteiger partial charge in [0.2, 0.25) is 0 Å². The average molecular weight is 154 g/mol. The summed E-state index contributed by atoms with van der Waals surface area (Å²) in [5.41, 5.74) is 0. The molecule has 5 heteroatoms. The van der Waals surface area contributed by atoms with Crippen molar-refractivity contribution in [3.8, 4) is 0 Å². The van der Waals surface area contributed by atoms with E-state index in [2.05, 4.69) is 4.98 Å². The smallest absolute Gasteiger partial charge is 0.303 e. The van der Waals surface area contributed by atoms with E-state index >= 15 is 0 Å². The molecule has 60 valence electrons. The minimum Gasteiger partial charge on any atom is -0.330 e. The lowest BCUT2D eigenvalue weighted by atomic mass is 10.5. The van der Waals surface area contributed by atoms with Crippen molar-refractivity contribution >= 4 is 5.91 Å². The summed E-state index contributed by atoms with van der Waals surface area (Å²) in [5, 5.41) is 1.00. The molecule has 1 aromatic rings. The number of hydrazine groups is 1. The SMILES string of the molecule is CN(N)C(=O)c1nccn1C. The first-order valence-electron chi connectivity index (χ1n) is 3.13. The number of rotatable bonds is 1. The second-order valence-electron chi connectivity index (χ2n) is 2.28. The summed E-state index contributed by atoms with van der Waals surface area (Å²) in [4.78, 5) is 15.0. The molecule has 11 heavy (non-hydrogen) atoms. The van der Waals surface area contributed by atoms with Crippen LogP contribution in [0.5, 0.6) is 0 Å². The topological polar surface area (TPSA) is 64.2 Å². The van der Waals surface area contributed by atoms with Crippen LogP contribution in [0.4, 0.5) is 0 Å². The molecule has 1 amide bonds. The molecule has 0 aliphatic rings. The first kappa shape index (κ1) is 7.74. The zero-order valence-corrected chi connectivity index (χ0v) is 6.48. The molecule has 0 saturated heterocycles. The highest BCUT2D eigenvalue weighted by Crippen LogP contribution is 1.95. The number of aryl methyl sites for hydroxylation is 1. The molecule has 0 aromatic carbocycles. The predicted octanol–water partition coefficient (Wildman–Crippen LogP) is -0.634. The van der Waals surface area contributed by atoms with E-state index in [1.807, 2.05) is 0 Å². The summed E-state index contributed by atoms with van der Waals surface area (Å²) in [5.74, 6) is 5.28. The van der Waals surface area contributed by atoms with Gasteiger partial charge in [-0.05, 0) is 0 Å². The van der Waals surface area contributed by atoms with E-state index in [-0.39, 0.29) is 5.91 Å². The van der Waals surface area contributed by atoms with E-state index in [1.165, 1.54) is 7.05 Å². The van der Waals surface area contributed by atoms with Crippen LogP contribution in [-0.4, -0.2) is 27.5 Å². The van der Waals surface area contributed by atoms with Gasteiger partial charge in [-0.25, -0.2) is 10.8 Å². The quantitative estimate of drug-likeness (QED) is 0.332. The lowest BCUT2D eigenvalue weighted by molar-refractivity contribution is 0.0779. The lowest BCUT2D eigenvalue weighted by Gasteiger charge is -2.08. The van der Waals surface area contributed by atoms with Gasteiger partial charge < -0.3 is 4.57 Å². The Kier molecular flexibility index (Phi) is 1.91. The number of nitrogens with two attached hydrogens (primary N) is 1. The molecule has 0 bridgehead atoms. The lowest BCUT2D eigenvalue weighted by Crippen LogP contribution is -2.34. The molecule has 0 aliphatic carbocycles. The molecule has 0 unspecified atom stereocenters. The third kappa shape index (κ3) is 1.38. The van der Waals surface area contributed by atoms with Gasteiger partial charge in [0.05, 0.1) is 0 Å². The minimum atomic E-state index is -0.294. The van der Waals surface area contributed by atoms with Crippen LogP contribution in [0.25, 0.3) is 0 Å². The summed E-state index contributed by atoms with van der Waals surface area (Å²) < 4.78 is 1.62. The van der Waals surface area contributed by atoms with E-state index in [1.54, 1.807) is 24.0 Å². The van der Waals surface area contributed by atoms with Gasteiger partial charge in [-0.1, -0.05) is 0 Å². The van der Waals surface area contributed by atoms with Crippen molar-refractivity contribution in [2.24, 2.45) is 12.9 Å². The molecule has 0 saturated carbocycles. The molecular weight excluding hydrogens is 144 g/mol. The van der Waals surface area contributed by atoms with E-state index < -0.39 is 0 Å². The van der Waals surface area contributed by atoms with Gasteiger partial charge in [0.15, 0.2) is 5.82 Å². The Morgan fingerprint density at radius 1 is 1.82 bits per heavy atom. The van der Waals surface area contributed by atoms with Gasteiger partial charge in [-0.15, -0.1) is 0 Å². The number of imidazole rings is 1. The summed E-state index contributed by atoms with van der Waals surface area (Å²) in [6, 6.07) is 0. The Balaban J connectivity index is 2.93. The number of hydrogen-bond donors (Lipinski definition) is 1. The summed E-state index contributed by atoms with van der Waals surface area (Å²) in [6.45, 7) is 0. The zero-order valence-electron chi connectivity index (χ0n) is 6.48. The Hall–Kier alpha value is -1.36. The second kappa shape index (κ2) is 2.71. The van der Waals surface area contributed by atoms with Crippen LogP contribution in [-0.2, 0) is 7.05 Å². The number of carbonyl (C=O) groups excluding carboxylic acids is 1. The van der Waals surface area contributed by atoms with Crippen LogP contribution in [0.1, 0.15) is 10.6 Å². The minimum absolute atomic E-state index is 0.294. The zero-order chi connectivity index (χ0) is 8.43. The van der Waals surface area contributed by atoms with Gasteiger partial charge in [0.25, 0.3) is 0 Å². The van der Waals surface area contributed by atoms with Crippen molar-refractivity contribution in [1.82, 2.24) is 14.6 Å². The highest BCUT2D eigenvalue weighted by molar-refractivity contribution is 5.90. The molecular formula is C6H10N4O. The molecule has 1 rings (SSSR count). The summed E-state index contributed by atoms with van der Waals surface area (Å²) in [7, 11) is 3.22. The molecule has 0 spiro atoms. The van der Waals surface area contributed by atoms with Crippen molar-refractivity contribution in [3.05, 3.63) is 18.2 Å². The van der Waals surface area contributed by atoms with Gasteiger partial charge in [0, 0.05) is 26.5 Å². The van der Waals surface area contributed by atoms with Crippen LogP contribution in [0.15, 0.2) is 12.4 Å². The summed E-state index contributed by atoms with van der Waals surface area (Å²) in [6.07, 6.45) is 3.24. The molecule has 0 aliphatic heterocycles. The predicted molar refractivity (Wildman–Crippen MR) is 39.5 cm³/mol. The van der Waals surface area contributed by atoms with Crippen molar-refractivity contribution in [3.63, 3.8) is 0 Å². The molecule has 1 heterocycles. The Morgan fingerprint density at radius 3 is 2.82 bits per heavy atom. The van der Waals surface area contributed by atoms with E-state index in [4.69, 9.17) is 5.84 Å². The fourth-order valence-corrected chi connectivity index (χ4v) is 0.729. The molecule has 5 nitrogen and oxygen atoms in total. The Labute approximate surface area is 64.4 Å². The maximum Gasteiger partial charge on any atom is 0.303 e. The first-order chi connectivity index (χ1) is 5.13. The van der Waals surface area contributed by atoms with Crippen molar-refractivity contribution in [2.45, 2.75) is 0 Å². The van der Waals surface area contributed by atoms with Gasteiger partial charge in [-0.3, -0.25) is 9.80 Å². The third-order valence-corrected chi connectivity index (χ3v) is 1.33. The number of amides is 1. The molecule has 0 fully saturated rings. The van der Waals surface area contributed by atoms with Crippen LogP contribution in [0.2, 0.25) is 0 Å². The standard InChI is InChI=1S/C6H10N4O/c1-9-4-3-8-5(9)6(11)10(2)7/h3-4H,7H2,1-2H3. The number of carbonyl (C=O) groups is 1. The highest BCUT2D eigenvalue weighted by atomic mass is 16.2.